The number of urea groups is 1. The van der Waals surface area contributed by atoms with Gasteiger partial charge in [-0.3, -0.25) is 9.69 Å². The first-order valence-corrected chi connectivity index (χ1v) is 9.26. The van der Waals surface area contributed by atoms with E-state index < -0.39 is 0 Å². The number of carbonyl (C=O) groups excluding carboxylic acids is 2. The molecule has 1 heterocycles. The molecular formula is C20H22ClN3O5. The molecule has 0 atom stereocenters. The maximum atomic E-state index is 12.8. The summed E-state index contributed by atoms with van der Waals surface area (Å²) in [4.78, 5) is 28.3. The zero-order valence-corrected chi connectivity index (χ0v) is 17.2. The normalized spacial score (nSPS) is 13.4. The molecule has 8 nitrogen and oxygen atoms in total. The molecule has 0 aliphatic carbocycles. The van der Waals surface area contributed by atoms with E-state index in [-0.39, 0.29) is 18.5 Å². The second-order valence-electron chi connectivity index (χ2n) is 6.29. The molecule has 1 saturated heterocycles. The Morgan fingerprint density at radius 1 is 1.03 bits per heavy atom. The van der Waals surface area contributed by atoms with Gasteiger partial charge in [-0.2, -0.15) is 0 Å². The van der Waals surface area contributed by atoms with Crippen molar-refractivity contribution < 1.29 is 23.8 Å². The molecule has 3 rings (SSSR count). The highest BCUT2D eigenvalue weighted by molar-refractivity contribution is 6.32. The van der Waals surface area contributed by atoms with Gasteiger partial charge in [0.2, 0.25) is 5.91 Å². The molecule has 9 heteroatoms. The third kappa shape index (κ3) is 4.48. The summed E-state index contributed by atoms with van der Waals surface area (Å²) in [5, 5.41) is 3.13. The highest BCUT2D eigenvalue weighted by atomic mass is 35.5. The van der Waals surface area contributed by atoms with Crippen molar-refractivity contribution in [3.8, 4) is 17.2 Å². The monoisotopic (exact) mass is 419 g/mol. The summed E-state index contributed by atoms with van der Waals surface area (Å²) in [6, 6.07) is 9.90. The Labute approximate surface area is 173 Å². The number of hydrogen-bond acceptors (Lipinski definition) is 5. The number of nitrogens with zero attached hydrogens (tertiary/aromatic N) is 2. The Morgan fingerprint density at radius 2 is 1.76 bits per heavy atom. The molecule has 2 aromatic rings. The highest BCUT2D eigenvalue weighted by Crippen LogP contribution is 2.34. The van der Waals surface area contributed by atoms with Crippen LogP contribution in [-0.4, -0.2) is 57.8 Å². The van der Waals surface area contributed by atoms with E-state index in [1.807, 2.05) is 0 Å². The molecule has 0 bridgehead atoms. The summed E-state index contributed by atoms with van der Waals surface area (Å²) in [6.07, 6.45) is 0. The third-order valence-electron chi connectivity index (χ3n) is 4.54. The minimum absolute atomic E-state index is 0.0781. The predicted molar refractivity (Wildman–Crippen MR) is 110 cm³/mol. The molecular weight excluding hydrogens is 398 g/mol. The van der Waals surface area contributed by atoms with Crippen LogP contribution < -0.4 is 24.4 Å². The van der Waals surface area contributed by atoms with Crippen LogP contribution in [0.1, 0.15) is 0 Å². The number of halogens is 1. The van der Waals surface area contributed by atoms with Crippen LogP contribution in [0.2, 0.25) is 5.02 Å². The molecule has 1 aliphatic rings. The number of amides is 3. The lowest BCUT2D eigenvalue weighted by molar-refractivity contribution is -0.116. The topological polar surface area (TPSA) is 80.3 Å². The van der Waals surface area contributed by atoms with Gasteiger partial charge in [0.15, 0.2) is 0 Å². The first-order valence-electron chi connectivity index (χ1n) is 8.88. The summed E-state index contributed by atoms with van der Waals surface area (Å²) in [5.74, 6) is 1.36. The van der Waals surface area contributed by atoms with Gasteiger partial charge in [-0.1, -0.05) is 11.6 Å². The minimum atomic E-state index is -0.320. The van der Waals surface area contributed by atoms with E-state index in [1.165, 1.54) is 19.1 Å². The number of ether oxygens (including phenoxy) is 3. The fourth-order valence-electron chi connectivity index (χ4n) is 3.08. The summed E-state index contributed by atoms with van der Waals surface area (Å²) < 4.78 is 15.7. The van der Waals surface area contributed by atoms with Crippen LogP contribution in [-0.2, 0) is 4.79 Å². The maximum absolute atomic E-state index is 12.8. The predicted octanol–water partition coefficient (Wildman–Crippen LogP) is 3.25. The molecule has 29 heavy (non-hydrogen) atoms. The van der Waals surface area contributed by atoms with E-state index in [0.717, 1.165) is 0 Å². The molecule has 0 radical (unpaired) electrons. The van der Waals surface area contributed by atoms with Crippen LogP contribution in [0.25, 0.3) is 0 Å². The second-order valence-corrected chi connectivity index (χ2v) is 6.70. The number of benzene rings is 2. The Bertz CT molecular complexity index is 921. The van der Waals surface area contributed by atoms with Crippen LogP contribution in [0.4, 0.5) is 16.2 Å². The van der Waals surface area contributed by atoms with Crippen molar-refractivity contribution in [2.75, 3.05) is 51.2 Å². The van der Waals surface area contributed by atoms with Crippen LogP contribution in [0, 0.1) is 0 Å². The smallest absolute Gasteiger partial charge is 0.325 e. The van der Waals surface area contributed by atoms with Gasteiger partial charge in [0.1, 0.15) is 23.8 Å². The number of hydrogen-bond donors (Lipinski definition) is 1. The summed E-state index contributed by atoms with van der Waals surface area (Å²) in [7, 11) is 4.61. The van der Waals surface area contributed by atoms with E-state index >= 15 is 0 Å². The van der Waals surface area contributed by atoms with Gasteiger partial charge in [0.25, 0.3) is 0 Å². The van der Waals surface area contributed by atoms with E-state index in [9.17, 15) is 9.59 Å². The zero-order chi connectivity index (χ0) is 21.0. The quantitative estimate of drug-likeness (QED) is 0.745. The van der Waals surface area contributed by atoms with Crippen molar-refractivity contribution in [1.29, 1.82) is 0 Å². The Kier molecular flexibility index (Phi) is 6.33. The third-order valence-corrected chi connectivity index (χ3v) is 4.84. The van der Waals surface area contributed by atoms with Crippen molar-refractivity contribution in [2.24, 2.45) is 0 Å². The van der Waals surface area contributed by atoms with E-state index in [4.69, 9.17) is 25.8 Å². The van der Waals surface area contributed by atoms with Crippen molar-refractivity contribution in [1.82, 2.24) is 4.90 Å². The molecule has 0 saturated carbocycles. The number of carbonyl (C=O) groups is 2. The van der Waals surface area contributed by atoms with Gasteiger partial charge in [-0.05, 0) is 30.3 Å². The van der Waals surface area contributed by atoms with Crippen molar-refractivity contribution >= 4 is 34.9 Å². The van der Waals surface area contributed by atoms with Gasteiger partial charge in [0.05, 0.1) is 32.0 Å². The molecule has 2 aromatic carbocycles. The first kappa shape index (κ1) is 20.6. The lowest BCUT2D eigenvalue weighted by Crippen LogP contribution is -2.37. The van der Waals surface area contributed by atoms with Crippen molar-refractivity contribution in [3.63, 3.8) is 0 Å². The summed E-state index contributed by atoms with van der Waals surface area (Å²) in [6.45, 7) is 0.769. The van der Waals surface area contributed by atoms with Crippen molar-refractivity contribution in [3.05, 3.63) is 41.4 Å². The number of rotatable bonds is 7. The molecule has 0 aromatic heterocycles. The Balaban J connectivity index is 1.67. The standard InChI is InChI=1S/C20H22ClN3O5/c1-27-14-5-7-18(29-3)16(11-14)24-9-8-23(20(24)26)12-19(25)22-13-4-6-17(28-2)15(21)10-13/h4-7,10-11H,8-9,12H2,1-3H3,(H,22,25). The molecule has 0 unspecified atom stereocenters. The van der Waals surface area contributed by atoms with E-state index in [1.54, 1.807) is 48.4 Å². The van der Waals surface area contributed by atoms with Gasteiger partial charge >= 0.3 is 6.03 Å². The molecule has 1 N–H and O–H groups in total. The lowest BCUT2D eigenvalue weighted by Gasteiger charge is -2.21. The average molecular weight is 420 g/mol. The van der Waals surface area contributed by atoms with Crippen LogP contribution in [0.3, 0.4) is 0 Å². The number of methoxy groups -OCH3 is 3. The van der Waals surface area contributed by atoms with Crippen LogP contribution >= 0.6 is 11.6 Å². The first-order chi connectivity index (χ1) is 14.0. The summed E-state index contributed by atoms with van der Waals surface area (Å²) in [5.41, 5.74) is 1.13. The number of nitrogens with one attached hydrogen (secondary N) is 1. The highest BCUT2D eigenvalue weighted by Gasteiger charge is 2.32. The fourth-order valence-corrected chi connectivity index (χ4v) is 3.34. The largest absolute Gasteiger partial charge is 0.497 e. The number of anilines is 2. The molecule has 154 valence electrons. The van der Waals surface area contributed by atoms with Crippen LogP contribution in [0.15, 0.2) is 36.4 Å². The van der Waals surface area contributed by atoms with Gasteiger partial charge in [0, 0.05) is 24.8 Å². The molecule has 1 fully saturated rings. The molecule has 1 aliphatic heterocycles. The molecule has 3 amide bonds. The van der Waals surface area contributed by atoms with Gasteiger partial charge in [-0.15, -0.1) is 0 Å². The second kappa shape index (κ2) is 8.91. The molecule has 0 spiro atoms. The lowest BCUT2D eigenvalue weighted by atomic mass is 10.2. The van der Waals surface area contributed by atoms with Gasteiger partial charge in [-0.25, -0.2) is 4.79 Å². The van der Waals surface area contributed by atoms with E-state index in [0.29, 0.717) is 46.7 Å². The van der Waals surface area contributed by atoms with E-state index in [2.05, 4.69) is 5.32 Å². The maximum Gasteiger partial charge on any atom is 0.325 e. The average Bonchev–Trinajstić information content (AvgIpc) is 3.07. The van der Waals surface area contributed by atoms with Crippen molar-refractivity contribution in [2.45, 2.75) is 0 Å². The minimum Gasteiger partial charge on any atom is -0.497 e. The Hall–Kier alpha value is -3.13. The fraction of sp³-hybridized carbons (Fsp3) is 0.300. The Morgan fingerprint density at radius 3 is 2.41 bits per heavy atom. The van der Waals surface area contributed by atoms with Gasteiger partial charge < -0.3 is 24.4 Å². The zero-order valence-electron chi connectivity index (χ0n) is 16.4. The van der Waals surface area contributed by atoms with Crippen LogP contribution in [0.5, 0.6) is 17.2 Å². The SMILES string of the molecule is COc1ccc(OC)c(N2CCN(CC(=O)Nc3ccc(OC)c(Cl)c3)C2=O)c1. The summed E-state index contributed by atoms with van der Waals surface area (Å²) >= 11 is 6.08.